The fraction of sp³-hybridized carbons (Fsp3) is 0.889. The predicted molar refractivity (Wildman–Crippen MR) is 49.7 cm³/mol. The van der Waals surface area contributed by atoms with E-state index in [1.165, 1.54) is 0 Å². The summed E-state index contributed by atoms with van der Waals surface area (Å²) in [5.41, 5.74) is 7.68. The SMILES string of the molecule is CC(C)(C)C(=O)ONC1(CN)CC1. The Morgan fingerprint density at radius 2 is 2.08 bits per heavy atom. The Labute approximate surface area is 78.8 Å². The second-order valence-corrected chi connectivity index (χ2v) is 4.73. The third-order valence-corrected chi connectivity index (χ3v) is 2.22. The van der Waals surface area contributed by atoms with Crippen LogP contribution in [0.15, 0.2) is 0 Å². The van der Waals surface area contributed by atoms with Gasteiger partial charge in [-0.3, -0.25) is 0 Å². The van der Waals surface area contributed by atoms with Crippen molar-refractivity contribution in [2.75, 3.05) is 6.54 Å². The molecule has 1 fully saturated rings. The number of carbonyl (C=O) groups excluding carboxylic acids is 1. The smallest absolute Gasteiger partial charge is 0.330 e. The summed E-state index contributed by atoms with van der Waals surface area (Å²) in [5.74, 6) is -0.243. The van der Waals surface area contributed by atoms with Crippen LogP contribution in [0.4, 0.5) is 0 Å². The Morgan fingerprint density at radius 3 is 2.38 bits per heavy atom. The van der Waals surface area contributed by atoms with Crippen molar-refractivity contribution in [2.45, 2.75) is 39.2 Å². The van der Waals surface area contributed by atoms with Crippen LogP contribution in [0.2, 0.25) is 0 Å². The number of rotatable bonds is 3. The molecule has 0 atom stereocenters. The van der Waals surface area contributed by atoms with E-state index >= 15 is 0 Å². The highest BCUT2D eigenvalue weighted by Crippen LogP contribution is 2.34. The van der Waals surface area contributed by atoms with Crippen LogP contribution in [-0.4, -0.2) is 18.1 Å². The van der Waals surface area contributed by atoms with Gasteiger partial charge in [0, 0.05) is 6.54 Å². The van der Waals surface area contributed by atoms with Crippen molar-refractivity contribution in [3.8, 4) is 0 Å². The lowest BCUT2D eigenvalue weighted by Crippen LogP contribution is -2.42. The largest absolute Gasteiger partial charge is 0.370 e. The van der Waals surface area contributed by atoms with Crippen molar-refractivity contribution in [2.24, 2.45) is 11.1 Å². The third-order valence-electron chi connectivity index (χ3n) is 2.22. The molecule has 13 heavy (non-hydrogen) atoms. The zero-order valence-electron chi connectivity index (χ0n) is 8.52. The van der Waals surface area contributed by atoms with E-state index < -0.39 is 5.41 Å². The normalized spacial score (nSPS) is 19.7. The molecule has 1 rings (SSSR count). The molecule has 3 N–H and O–H groups in total. The van der Waals surface area contributed by atoms with Gasteiger partial charge in [0.15, 0.2) is 0 Å². The quantitative estimate of drug-likeness (QED) is 0.632. The summed E-state index contributed by atoms with van der Waals surface area (Å²) in [4.78, 5) is 16.3. The van der Waals surface area contributed by atoms with Crippen molar-refractivity contribution in [1.82, 2.24) is 5.48 Å². The maximum atomic E-state index is 11.3. The molecule has 0 radical (unpaired) electrons. The molecule has 0 aromatic rings. The Balaban J connectivity index is 2.31. The molecular formula is C9H18N2O2. The van der Waals surface area contributed by atoms with E-state index in [0.717, 1.165) is 12.8 Å². The second-order valence-electron chi connectivity index (χ2n) is 4.73. The van der Waals surface area contributed by atoms with Gasteiger partial charge in [-0.2, -0.15) is 0 Å². The third kappa shape index (κ3) is 2.67. The first-order valence-electron chi connectivity index (χ1n) is 4.58. The monoisotopic (exact) mass is 186 g/mol. The van der Waals surface area contributed by atoms with Crippen molar-refractivity contribution in [3.05, 3.63) is 0 Å². The molecule has 0 bridgehead atoms. The van der Waals surface area contributed by atoms with Gasteiger partial charge in [0.1, 0.15) is 0 Å². The molecule has 1 aliphatic rings. The van der Waals surface area contributed by atoms with Gasteiger partial charge in [0.2, 0.25) is 0 Å². The second kappa shape index (κ2) is 3.27. The van der Waals surface area contributed by atoms with Crippen LogP contribution in [0.25, 0.3) is 0 Å². The summed E-state index contributed by atoms with van der Waals surface area (Å²) in [7, 11) is 0. The molecule has 4 heteroatoms. The van der Waals surface area contributed by atoms with Crippen LogP contribution >= 0.6 is 0 Å². The van der Waals surface area contributed by atoms with Gasteiger partial charge in [0.25, 0.3) is 0 Å². The lowest BCUT2D eigenvalue weighted by molar-refractivity contribution is -0.163. The molecule has 0 aromatic heterocycles. The number of nitrogens with one attached hydrogen (secondary N) is 1. The lowest BCUT2D eigenvalue weighted by Gasteiger charge is -2.19. The minimum atomic E-state index is -0.461. The zero-order chi connectivity index (χ0) is 10.1. The zero-order valence-corrected chi connectivity index (χ0v) is 8.52. The average Bonchev–Trinajstić information content (AvgIpc) is 2.79. The van der Waals surface area contributed by atoms with E-state index in [4.69, 9.17) is 10.6 Å². The molecule has 0 unspecified atom stereocenters. The van der Waals surface area contributed by atoms with Gasteiger partial charge >= 0.3 is 5.97 Å². The summed E-state index contributed by atoms with van der Waals surface area (Å²) in [6.45, 7) is 5.97. The molecule has 1 aliphatic carbocycles. The molecule has 0 heterocycles. The lowest BCUT2D eigenvalue weighted by atomic mass is 9.98. The van der Waals surface area contributed by atoms with Gasteiger partial charge in [-0.25, -0.2) is 4.79 Å². The standard InChI is InChI=1S/C9H18N2O2/c1-8(2,3)7(12)13-11-9(6-10)4-5-9/h11H,4-6,10H2,1-3H3. The molecule has 0 aliphatic heterocycles. The summed E-state index contributed by atoms with van der Waals surface area (Å²) >= 11 is 0. The minimum absolute atomic E-state index is 0.124. The first-order chi connectivity index (χ1) is 5.90. The van der Waals surface area contributed by atoms with Crippen molar-refractivity contribution >= 4 is 5.97 Å². The van der Waals surface area contributed by atoms with E-state index in [9.17, 15) is 4.79 Å². The van der Waals surface area contributed by atoms with Crippen LogP contribution < -0.4 is 11.2 Å². The van der Waals surface area contributed by atoms with E-state index in [2.05, 4.69) is 5.48 Å². The Hall–Kier alpha value is -0.610. The molecule has 76 valence electrons. The average molecular weight is 186 g/mol. The first kappa shape index (κ1) is 10.5. The number of nitrogens with two attached hydrogens (primary N) is 1. The van der Waals surface area contributed by atoms with Gasteiger partial charge < -0.3 is 10.6 Å². The van der Waals surface area contributed by atoms with Crippen LogP contribution in [0, 0.1) is 5.41 Å². The highest BCUT2D eigenvalue weighted by Gasteiger charge is 2.43. The fourth-order valence-corrected chi connectivity index (χ4v) is 0.806. The molecule has 1 saturated carbocycles. The van der Waals surface area contributed by atoms with Crippen LogP contribution in [0.5, 0.6) is 0 Å². The topological polar surface area (TPSA) is 64.3 Å². The van der Waals surface area contributed by atoms with Crippen molar-refractivity contribution in [1.29, 1.82) is 0 Å². The predicted octanol–water partition coefficient (Wildman–Crippen LogP) is 0.572. The Bertz CT molecular complexity index is 204. The minimum Gasteiger partial charge on any atom is -0.370 e. The van der Waals surface area contributed by atoms with Gasteiger partial charge in [-0.05, 0) is 33.6 Å². The number of carbonyl (C=O) groups is 1. The molecular weight excluding hydrogens is 168 g/mol. The number of hydroxylamine groups is 1. The Morgan fingerprint density at radius 1 is 1.54 bits per heavy atom. The van der Waals surface area contributed by atoms with Gasteiger partial charge in [-0.15, -0.1) is 5.48 Å². The number of hydrogen-bond donors (Lipinski definition) is 2. The fourth-order valence-electron chi connectivity index (χ4n) is 0.806. The highest BCUT2D eigenvalue weighted by molar-refractivity contribution is 5.75. The molecule has 0 spiro atoms. The van der Waals surface area contributed by atoms with Gasteiger partial charge in [0.05, 0.1) is 11.0 Å². The van der Waals surface area contributed by atoms with Crippen LogP contribution in [-0.2, 0) is 9.63 Å². The van der Waals surface area contributed by atoms with E-state index in [0.29, 0.717) is 6.54 Å². The van der Waals surface area contributed by atoms with E-state index in [1.54, 1.807) is 0 Å². The molecule has 0 amide bonds. The Kier molecular flexibility index (Phi) is 2.63. The molecule has 4 nitrogen and oxygen atoms in total. The highest BCUT2D eigenvalue weighted by atomic mass is 16.7. The van der Waals surface area contributed by atoms with Crippen LogP contribution in [0.3, 0.4) is 0 Å². The van der Waals surface area contributed by atoms with Crippen molar-refractivity contribution < 1.29 is 9.63 Å². The first-order valence-corrected chi connectivity index (χ1v) is 4.58. The maximum absolute atomic E-state index is 11.3. The van der Waals surface area contributed by atoms with Crippen LogP contribution in [0.1, 0.15) is 33.6 Å². The molecule has 0 saturated heterocycles. The summed E-state index contributed by atoms with van der Waals surface area (Å²) in [5, 5.41) is 0. The maximum Gasteiger partial charge on any atom is 0.330 e. The van der Waals surface area contributed by atoms with E-state index in [-0.39, 0.29) is 11.5 Å². The molecule has 0 aromatic carbocycles. The summed E-state index contributed by atoms with van der Waals surface area (Å²) in [6, 6.07) is 0. The van der Waals surface area contributed by atoms with Crippen molar-refractivity contribution in [3.63, 3.8) is 0 Å². The van der Waals surface area contributed by atoms with Gasteiger partial charge in [-0.1, -0.05) is 0 Å². The number of hydrogen-bond acceptors (Lipinski definition) is 4. The summed E-state index contributed by atoms with van der Waals surface area (Å²) < 4.78 is 0. The summed E-state index contributed by atoms with van der Waals surface area (Å²) in [6.07, 6.45) is 1.97. The van der Waals surface area contributed by atoms with E-state index in [1.807, 2.05) is 20.8 Å².